The van der Waals surface area contributed by atoms with Crippen molar-refractivity contribution in [2.75, 3.05) is 13.7 Å². The second kappa shape index (κ2) is 6.44. The summed E-state index contributed by atoms with van der Waals surface area (Å²) in [5.74, 6) is 1.64. The smallest absolute Gasteiger partial charge is 0.159 e. The fraction of sp³-hybridized carbons (Fsp3) is 0.444. The lowest BCUT2D eigenvalue weighted by molar-refractivity contribution is 0.408. The average molecular weight is 297 g/mol. The number of piperidine rings is 1. The highest BCUT2D eigenvalue weighted by Gasteiger charge is 2.21. The van der Waals surface area contributed by atoms with E-state index < -0.39 is 0 Å². The summed E-state index contributed by atoms with van der Waals surface area (Å²) < 4.78 is 5.20. The van der Waals surface area contributed by atoms with Crippen molar-refractivity contribution >= 4 is 0 Å². The van der Waals surface area contributed by atoms with Crippen molar-refractivity contribution in [1.82, 2.24) is 15.3 Å². The van der Waals surface area contributed by atoms with E-state index in [1.165, 1.54) is 24.8 Å². The largest absolute Gasteiger partial charge is 0.497 e. The van der Waals surface area contributed by atoms with E-state index in [4.69, 9.17) is 14.7 Å². The second-order valence-corrected chi connectivity index (χ2v) is 5.86. The van der Waals surface area contributed by atoms with E-state index >= 15 is 0 Å². The highest BCUT2D eigenvalue weighted by atomic mass is 16.5. The number of ether oxygens (including phenoxy) is 1. The van der Waals surface area contributed by atoms with Gasteiger partial charge in [-0.2, -0.15) is 0 Å². The molecule has 0 amide bonds. The van der Waals surface area contributed by atoms with E-state index in [0.717, 1.165) is 35.1 Å². The molecule has 0 radical (unpaired) electrons. The van der Waals surface area contributed by atoms with E-state index in [0.29, 0.717) is 6.04 Å². The fourth-order valence-electron chi connectivity index (χ4n) is 3.20. The number of hydrogen-bond acceptors (Lipinski definition) is 4. The lowest BCUT2D eigenvalue weighted by Crippen LogP contribution is -2.28. The van der Waals surface area contributed by atoms with Crippen LogP contribution in [0.15, 0.2) is 24.3 Å². The van der Waals surface area contributed by atoms with Gasteiger partial charge in [0.2, 0.25) is 0 Å². The number of methoxy groups -OCH3 is 1. The molecule has 0 bridgehead atoms. The van der Waals surface area contributed by atoms with Gasteiger partial charge < -0.3 is 10.1 Å². The Morgan fingerprint density at radius 1 is 1.05 bits per heavy atom. The Labute approximate surface area is 132 Å². The molecule has 0 saturated carbocycles. The Bertz CT molecular complexity index is 623. The minimum atomic E-state index is 0.402. The minimum absolute atomic E-state index is 0.402. The first-order valence-electron chi connectivity index (χ1n) is 7.92. The van der Waals surface area contributed by atoms with Crippen molar-refractivity contribution in [3.63, 3.8) is 0 Å². The van der Waals surface area contributed by atoms with Crippen LogP contribution in [0.5, 0.6) is 5.75 Å². The zero-order chi connectivity index (χ0) is 15.5. The first-order valence-corrected chi connectivity index (χ1v) is 7.92. The molecule has 1 N–H and O–H groups in total. The Hall–Kier alpha value is -1.94. The van der Waals surface area contributed by atoms with E-state index in [-0.39, 0.29) is 0 Å². The summed E-state index contributed by atoms with van der Waals surface area (Å²) in [5, 5.41) is 3.59. The maximum absolute atomic E-state index is 5.20. The predicted octanol–water partition coefficient (Wildman–Crippen LogP) is 3.58. The van der Waals surface area contributed by atoms with Crippen LogP contribution in [0.1, 0.15) is 42.3 Å². The molecule has 22 heavy (non-hydrogen) atoms. The number of nitrogens with one attached hydrogen (secondary N) is 1. The summed E-state index contributed by atoms with van der Waals surface area (Å²) in [4.78, 5) is 9.49. The van der Waals surface area contributed by atoms with Gasteiger partial charge >= 0.3 is 0 Å². The number of rotatable bonds is 3. The van der Waals surface area contributed by atoms with Crippen molar-refractivity contribution in [2.45, 2.75) is 39.2 Å². The van der Waals surface area contributed by atoms with Crippen LogP contribution in [0.25, 0.3) is 11.4 Å². The first-order chi connectivity index (χ1) is 10.7. The van der Waals surface area contributed by atoms with E-state index in [9.17, 15) is 0 Å². The Balaban J connectivity index is 1.93. The molecule has 1 fully saturated rings. The van der Waals surface area contributed by atoms with Crippen LogP contribution in [-0.2, 0) is 0 Å². The van der Waals surface area contributed by atoms with Gasteiger partial charge in [-0.1, -0.05) is 6.42 Å². The van der Waals surface area contributed by atoms with E-state index in [2.05, 4.69) is 19.2 Å². The minimum Gasteiger partial charge on any atom is -0.497 e. The monoisotopic (exact) mass is 297 g/mol. The second-order valence-electron chi connectivity index (χ2n) is 5.86. The molecule has 4 heteroatoms. The zero-order valence-electron chi connectivity index (χ0n) is 13.5. The lowest BCUT2D eigenvalue weighted by Gasteiger charge is -2.26. The molecule has 0 aliphatic carbocycles. The Morgan fingerprint density at radius 2 is 1.73 bits per heavy atom. The van der Waals surface area contributed by atoms with Gasteiger partial charge in [0.05, 0.1) is 7.11 Å². The molecule has 1 aliphatic heterocycles. The number of benzene rings is 1. The SMILES string of the molecule is COc1ccc(-c2nc(C)c(C3CCCCN3)c(C)n2)cc1. The van der Waals surface area contributed by atoms with Crippen LogP contribution in [0, 0.1) is 13.8 Å². The maximum Gasteiger partial charge on any atom is 0.159 e. The van der Waals surface area contributed by atoms with Crippen molar-refractivity contribution < 1.29 is 4.74 Å². The summed E-state index contributed by atoms with van der Waals surface area (Å²) in [7, 11) is 1.67. The van der Waals surface area contributed by atoms with Crippen LogP contribution in [0.3, 0.4) is 0 Å². The normalized spacial score (nSPS) is 18.2. The summed E-state index contributed by atoms with van der Waals surface area (Å²) >= 11 is 0. The summed E-state index contributed by atoms with van der Waals surface area (Å²) in [6, 6.07) is 8.30. The van der Waals surface area contributed by atoms with Gasteiger partial charge in [0.25, 0.3) is 0 Å². The van der Waals surface area contributed by atoms with E-state index in [1.54, 1.807) is 7.11 Å². The van der Waals surface area contributed by atoms with Gasteiger partial charge in [-0.15, -0.1) is 0 Å². The van der Waals surface area contributed by atoms with Gasteiger partial charge in [0.15, 0.2) is 5.82 Å². The topological polar surface area (TPSA) is 47.0 Å². The summed E-state index contributed by atoms with van der Waals surface area (Å²) in [6.07, 6.45) is 3.71. The standard InChI is InChI=1S/C18H23N3O/c1-12-17(16-6-4-5-11-19-16)13(2)21-18(20-12)14-7-9-15(22-3)10-8-14/h7-10,16,19H,4-6,11H2,1-3H3. The van der Waals surface area contributed by atoms with Crippen molar-refractivity contribution in [3.8, 4) is 17.1 Å². The van der Waals surface area contributed by atoms with Crippen LogP contribution >= 0.6 is 0 Å². The molecule has 1 aromatic heterocycles. The molecule has 1 saturated heterocycles. The average Bonchev–Trinajstić information content (AvgIpc) is 2.55. The quantitative estimate of drug-likeness (QED) is 0.940. The lowest BCUT2D eigenvalue weighted by atomic mass is 9.95. The van der Waals surface area contributed by atoms with Crippen molar-refractivity contribution in [3.05, 3.63) is 41.2 Å². The molecule has 2 aromatic rings. The van der Waals surface area contributed by atoms with Crippen LogP contribution in [0.2, 0.25) is 0 Å². The molecule has 1 aromatic carbocycles. The molecule has 1 aliphatic rings. The third-order valence-corrected chi connectivity index (χ3v) is 4.33. The molecule has 1 atom stereocenters. The molecule has 1 unspecified atom stereocenters. The Morgan fingerprint density at radius 3 is 2.27 bits per heavy atom. The van der Waals surface area contributed by atoms with Crippen LogP contribution in [0.4, 0.5) is 0 Å². The summed E-state index contributed by atoms with van der Waals surface area (Å²) in [6.45, 7) is 5.27. The fourth-order valence-corrected chi connectivity index (χ4v) is 3.20. The van der Waals surface area contributed by atoms with Crippen LogP contribution in [-0.4, -0.2) is 23.6 Å². The van der Waals surface area contributed by atoms with Gasteiger partial charge in [-0.3, -0.25) is 0 Å². The maximum atomic E-state index is 5.20. The molecule has 4 nitrogen and oxygen atoms in total. The number of hydrogen-bond donors (Lipinski definition) is 1. The highest BCUT2D eigenvalue weighted by Crippen LogP contribution is 2.29. The van der Waals surface area contributed by atoms with Gasteiger partial charge in [0.1, 0.15) is 5.75 Å². The van der Waals surface area contributed by atoms with Crippen molar-refractivity contribution in [2.24, 2.45) is 0 Å². The van der Waals surface area contributed by atoms with Crippen molar-refractivity contribution in [1.29, 1.82) is 0 Å². The Kier molecular flexibility index (Phi) is 4.39. The van der Waals surface area contributed by atoms with E-state index in [1.807, 2.05) is 24.3 Å². The highest BCUT2D eigenvalue weighted by molar-refractivity contribution is 5.57. The number of nitrogens with zero attached hydrogens (tertiary/aromatic N) is 2. The zero-order valence-corrected chi connectivity index (χ0v) is 13.5. The molecular formula is C18H23N3O. The molecule has 116 valence electrons. The molecule has 0 spiro atoms. The van der Waals surface area contributed by atoms with Gasteiger partial charge in [-0.05, 0) is 57.5 Å². The van der Waals surface area contributed by atoms with Gasteiger partial charge in [-0.25, -0.2) is 9.97 Å². The third-order valence-electron chi connectivity index (χ3n) is 4.33. The summed E-state index contributed by atoms with van der Waals surface area (Å²) in [5.41, 5.74) is 4.46. The van der Waals surface area contributed by atoms with Crippen LogP contribution < -0.4 is 10.1 Å². The molecule has 3 rings (SSSR count). The molecule has 2 heterocycles. The third kappa shape index (κ3) is 2.97. The number of aromatic nitrogens is 2. The van der Waals surface area contributed by atoms with Gasteiger partial charge in [0, 0.05) is 28.6 Å². The number of aryl methyl sites for hydroxylation is 2. The predicted molar refractivity (Wildman–Crippen MR) is 88.1 cm³/mol. The first kappa shape index (κ1) is 15.0. The molecular weight excluding hydrogens is 274 g/mol.